The number of carbonyl (C=O) groups is 1. The number of nitrogens with zero attached hydrogens (tertiary/aromatic N) is 4. The molecular weight excluding hydrogens is 344 g/mol. The van der Waals surface area contributed by atoms with Gasteiger partial charge in [0.15, 0.2) is 0 Å². The molecule has 1 unspecified atom stereocenters. The fourth-order valence-corrected chi connectivity index (χ4v) is 4.17. The molecule has 0 aromatic carbocycles. The van der Waals surface area contributed by atoms with E-state index in [9.17, 15) is 4.79 Å². The molecule has 0 bridgehead atoms. The van der Waals surface area contributed by atoms with Crippen LogP contribution in [0.25, 0.3) is 0 Å². The number of hydrogen-bond acceptors (Lipinski definition) is 7. The molecule has 0 radical (unpaired) electrons. The first-order valence-electron chi connectivity index (χ1n) is 9.93. The molecule has 1 aromatic heterocycles. The molecule has 3 N–H and O–H groups in total. The number of likely N-dealkylation sites (tertiary alicyclic amines) is 1. The van der Waals surface area contributed by atoms with Crippen molar-refractivity contribution in [3.8, 4) is 0 Å². The molecule has 0 spiro atoms. The Morgan fingerprint density at radius 1 is 1.30 bits per heavy atom. The fourth-order valence-electron chi connectivity index (χ4n) is 4.17. The van der Waals surface area contributed by atoms with Gasteiger partial charge in [0.05, 0.1) is 12.5 Å². The fraction of sp³-hybridized carbons (Fsp3) is 0.737. The van der Waals surface area contributed by atoms with Crippen LogP contribution in [0.4, 0.5) is 11.8 Å². The van der Waals surface area contributed by atoms with Crippen molar-refractivity contribution in [2.45, 2.75) is 38.6 Å². The predicted octanol–water partition coefficient (Wildman–Crippen LogP) is 0.811. The Labute approximate surface area is 161 Å². The largest absolute Gasteiger partial charge is 0.383 e. The van der Waals surface area contributed by atoms with E-state index in [4.69, 9.17) is 10.5 Å². The zero-order valence-electron chi connectivity index (χ0n) is 16.5. The Bertz CT molecular complexity index is 612. The van der Waals surface area contributed by atoms with Crippen LogP contribution in [0.15, 0.2) is 6.07 Å². The summed E-state index contributed by atoms with van der Waals surface area (Å²) in [6.07, 6.45) is 4.24. The van der Waals surface area contributed by atoms with Crippen LogP contribution in [0, 0.1) is 12.8 Å². The van der Waals surface area contributed by atoms with Crippen molar-refractivity contribution in [3.63, 3.8) is 0 Å². The average molecular weight is 377 g/mol. The van der Waals surface area contributed by atoms with Gasteiger partial charge in [-0.15, -0.1) is 0 Å². The highest BCUT2D eigenvalue weighted by atomic mass is 16.5. The maximum Gasteiger partial charge on any atom is 0.224 e. The molecule has 1 aromatic rings. The molecule has 0 aliphatic carbocycles. The third kappa shape index (κ3) is 5.29. The number of piperidine rings is 2. The molecule has 3 rings (SSSR count). The van der Waals surface area contributed by atoms with Gasteiger partial charge in [-0.3, -0.25) is 9.69 Å². The predicted molar refractivity (Wildman–Crippen MR) is 106 cm³/mol. The number of nitrogens with two attached hydrogens (primary N) is 1. The number of anilines is 2. The number of nitrogens with one attached hydrogen (secondary N) is 1. The normalized spacial score (nSPS) is 22.0. The van der Waals surface area contributed by atoms with Gasteiger partial charge in [-0.1, -0.05) is 0 Å². The lowest BCUT2D eigenvalue weighted by molar-refractivity contribution is -0.127. The molecule has 150 valence electrons. The second-order valence-corrected chi connectivity index (χ2v) is 7.56. The zero-order valence-corrected chi connectivity index (χ0v) is 16.5. The van der Waals surface area contributed by atoms with Crippen LogP contribution < -0.4 is 16.0 Å². The second-order valence-electron chi connectivity index (χ2n) is 7.56. The van der Waals surface area contributed by atoms with Crippen molar-refractivity contribution < 1.29 is 9.53 Å². The highest BCUT2D eigenvalue weighted by Crippen LogP contribution is 2.26. The van der Waals surface area contributed by atoms with Gasteiger partial charge in [-0.05, 0) is 39.2 Å². The summed E-state index contributed by atoms with van der Waals surface area (Å²) < 4.78 is 5.01. The number of nitrogen functional groups attached to an aromatic ring is 1. The number of aryl methyl sites for hydroxylation is 1. The summed E-state index contributed by atoms with van der Waals surface area (Å²) in [6.45, 7) is 6.97. The molecular formula is C19H32N6O2. The van der Waals surface area contributed by atoms with Crippen molar-refractivity contribution in [1.82, 2.24) is 20.2 Å². The smallest absolute Gasteiger partial charge is 0.224 e. The van der Waals surface area contributed by atoms with Gasteiger partial charge >= 0.3 is 0 Å². The molecule has 27 heavy (non-hydrogen) atoms. The molecule has 2 fully saturated rings. The second kappa shape index (κ2) is 9.32. The molecule has 1 atom stereocenters. The minimum absolute atomic E-state index is 0.0953. The Morgan fingerprint density at radius 3 is 2.78 bits per heavy atom. The highest BCUT2D eigenvalue weighted by Gasteiger charge is 2.31. The number of amides is 1. The Morgan fingerprint density at radius 2 is 2.07 bits per heavy atom. The molecule has 8 heteroatoms. The summed E-state index contributed by atoms with van der Waals surface area (Å²) in [5.41, 5.74) is 6.70. The van der Waals surface area contributed by atoms with Crippen molar-refractivity contribution >= 4 is 17.7 Å². The number of ether oxygens (including phenoxy) is 1. The van der Waals surface area contributed by atoms with E-state index in [2.05, 4.69) is 25.1 Å². The summed E-state index contributed by atoms with van der Waals surface area (Å²) >= 11 is 0. The number of methoxy groups -OCH3 is 1. The van der Waals surface area contributed by atoms with Crippen molar-refractivity contribution in [3.05, 3.63) is 11.8 Å². The van der Waals surface area contributed by atoms with Crippen LogP contribution in [0.2, 0.25) is 0 Å². The monoisotopic (exact) mass is 376 g/mol. The van der Waals surface area contributed by atoms with E-state index >= 15 is 0 Å². The van der Waals surface area contributed by atoms with E-state index < -0.39 is 0 Å². The van der Waals surface area contributed by atoms with Gasteiger partial charge in [-0.25, -0.2) is 4.98 Å². The minimum Gasteiger partial charge on any atom is -0.383 e. The molecule has 0 saturated carbocycles. The van der Waals surface area contributed by atoms with Crippen molar-refractivity contribution in [1.29, 1.82) is 0 Å². The van der Waals surface area contributed by atoms with E-state index in [1.807, 2.05) is 13.0 Å². The van der Waals surface area contributed by atoms with Crippen LogP contribution in [0.3, 0.4) is 0 Å². The van der Waals surface area contributed by atoms with Crippen LogP contribution in [-0.2, 0) is 9.53 Å². The van der Waals surface area contributed by atoms with Crippen LogP contribution in [0.5, 0.6) is 0 Å². The van der Waals surface area contributed by atoms with Crippen molar-refractivity contribution in [2.75, 3.05) is 57.1 Å². The van der Waals surface area contributed by atoms with Gasteiger partial charge in [-0.2, -0.15) is 4.98 Å². The average Bonchev–Trinajstić information content (AvgIpc) is 2.67. The first kappa shape index (κ1) is 19.8. The maximum absolute atomic E-state index is 12.4. The van der Waals surface area contributed by atoms with Gasteiger partial charge in [0.2, 0.25) is 11.9 Å². The zero-order chi connectivity index (χ0) is 19.2. The van der Waals surface area contributed by atoms with E-state index in [1.54, 1.807) is 7.11 Å². The third-order valence-electron chi connectivity index (χ3n) is 5.59. The Balaban J connectivity index is 1.50. The molecule has 2 saturated heterocycles. The first-order valence-corrected chi connectivity index (χ1v) is 9.93. The number of rotatable bonds is 6. The van der Waals surface area contributed by atoms with E-state index in [1.165, 1.54) is 0 Å². The summed E-state index contributed by atoms with van der Waals surface area (Å²) in [7, 11) is 1.65. The molecule has 2 aliphatic heterocycles. The molecule has 8 nitrogen and oxygen atoms in total. The van der Waals surface area contributed by atoms with Crippen molar-refractivity contribution in [2.24, 2.45) is 5.92 Å². The third-order valence-corrected chi connectivity index (χ3v) is 5.59. The van der Waals surface area contributed by atoms with E-state index in [0.29, 0.717) is 25.1 Å². The molecule has 3 heterocycles. The minimum atomic E-state index is 0.0953. The SMILES string of the molecule is COCCNC(=O)C1CCCN(C2CCN(c3cc(C)nc(N)n3)CC2)C1. The summed E-state index contributed by atoms with van der Waals surface area (Å²) in [6, 6.07) is 2.54. The summed E-state index contributed by atoms with van der Waals surface area (Å²) in [5, 5.41) is 2.99. The molecule has 1 amide bonds. The van der Waals surface area contributed by atoms with Gasteiger partial charge in [0.25, 0.3) is 0 Å². The molecule has 2 aliphatic rings. The quantitative estimate of drug-likeness (QED) is 0.709. The van der Waals surface area contributed by atoms with Gasteiger partial charge < -0.3 is 20.7 Å². The Hall–Kier alpha value is -1.93. The Kier molecular flexibility index (Phi) is 6.84. The lowest BCUT2D eigenvalue weighted by Crippen LogP contribution is -2.51. The highest BCUT2D eigenvalue weighted by molar-refractivity contribution is 5.78. The van der Waals surface area contributed by atoms with Gasteiger partial charge in [0.1, 0.15) is 5.82 Å². The van der Waals surface area contributed by atoms with E-state index in [0.717, 1.165) is 63.4 Å². The number of aromatic nitrogens is 2. The maximum atomic E-state index is 12.4. The van der Waals surface area contributed by atoms with E-state index in [-0.39, 0.29) is 11.8 Å². The lowest BCUT2D eigenvalue weighted by Gasteiger charge is -2.42. The van der Waals surface area contributed by atoms with Crippen LogP contribution in [0.1, 0.15) is 31.4 Å². The number of carbonyl (C=O) groups excluding carboxylic acids is 1. The summed E-state index contributed by atoms with van der Waals surface area (Å²) in [5.74, 6) is 1.53. The first-order chi connectivity index (χ1) is 13.1. The lowest BCUT2D eigenvalue weighted by atomic mass is 9.93. The summed E-state index contributed by atoms with van der Waals surface area (Å²) in [4.78, 5) is 25.7. The topological polar surface area (TPSA) is 96.6 Å². The van der Waals surface area contributed by atoms with Crippen LogP contribution in [-0.4, -0.2) is 73.3 Å². The standard InChI is InChI=1S/C19H32N6O2/c1-14-12-17(23-19(20)22-14)24-9-5-16(6-10-24)25-8-3-4-15(13-25)18(26)21-7-11-27-2/h12,15-16H,3-11,13H2,1-2H3,(H,21,26)(H2,20,22,23). The van der Waals surface area contributed by atoms with Crippen LogP contribution >= 0.6 is 0 Å². The number of hydrogen-bond donors (Lipinski definition) is 2. The van der Waals surface area contributed by atoms with Gasteiger partial charge in [0, 0.05) is 51.1 Å².